The molecule has 3 N–H and O–H groups in total. The molecule has 0 aromatic rings. The van der Waals surface area contributed by atoms with Crippen LogP contribution in [0.25, 0.3) is 0 Å². The number of esters is 1. The lowest BCUT2D eigenvalue weighted by atomic mass is 10.1. The van der Waals surface area contributed by atoms with Gasteiger partial charge in [0.2, 0.25) is 5.91 Å². The molecule has 9 nitrogen and oxygen atoms in total. The second kappa shape index (κ2) is 44.5. The second-order valence-electron chi connectivity index (χ2n) is 14.6. The molecule has 59 heavy (non-hydrogen) atoms. The lowest BCUT2D eigenvalue weighted by Crippen LogP contribution is -2.27. The van der Waals surface area contributed by atoms with Crippen LogP contribution in [0.2, 0.25) is 0 Å². The quantitative estimate of drug-likeness (QED) is 0.0240. The Morgan fingerprint density at radius 3 is 1.47 bits per heavy atom. The van der Waals surface area contributed by atoms with Crippen LogP contribution in [0.15, 0.2) is 97.2 Å². The van der Waals surface area contributed by atoms with Gasteiger partial charge in [-0.25, -0.2) is 4.57 Å². The molecule has 0 aliphatic heterocycles. The van der Waals surface area contributed by atoms with Crippen LogP contribution in [0.3, 0.4) is 0 Å². The Hall–Kier alpha value is -3.07. The Bertz CT molecular complexity index is 1280. The Kier molecular flexibility index (Phi) is 42.2. The van der Waals surface area contributed by atoms with Crippen LogP contribution >= 0.6 is 7.82 Å². The standard InChI is InChI=1S/C49H82NO8P/c1-3-5-7-9-11-13-15-17-19-21-23-25-27-29-31-33-35-37-39-41-48(52)50-43-44-57-59(54,55)58-46-47(51)45-56-49(53)42-40-38-36-34-32-30-28-26-24-22-20-18-16-14-12-10-8-6-4-2/h6,8,11-14,17-20,23-26,30,32,47,51H,3-5,7,9-10,15-16,21-22,27-29,31,33-46H2,1-2H3,(H,50,52)(H,54,55)/b8-6-,13-11-,14-12-,19-17-,20-18-,25-23-,26-24-,32-30-. The molecule has 0 aromatic carbocycles. The molecule has 1 amide bonds. The maximum Gasteiger partial charge on any atom is 0.472 e. The van der Waals surface area contributed by atoms with E-state index >= 15 is 0 Å². The minimum Gasteiger partial charge on any atom is -0.463 e. The zero-order chi connectivity index (χ0) is 43.2. The van der Waals surface area contributed by atoms with Crippen molar-refractivity contribution in [2.24, 2.45) is 0 Å². The number of hydrogen-bond acceptors (Lipinski definition) is 7. The first-order valence-corrected chi connectivity index (χ1v) is 24.2. The van der Waals surface area contributed by atoms with Gasteiger partial charge in [0.15, 0.2) is 0 Å². The lowest BCUT2D eigenvalue weighted by Gasteiger charge is -2.15. The second-order valence-corrected chi connectivity index (χ2v) is 16.1. The number of amides is 1. The number of unbranched alkanes of at least 4 members (excludes halogenated alkanes) is 12. The first-order chi connectivity index (χ1) is 28.8. The maximum atomic E-state index is 12.1. The molecule has 2 atom stereocenters. The van der Waals surface area contributed by atoms with Gasteiger partial charge in [0.25, 0.3) is 0 Å². The van der Waals surface area contributed by atoms with Gasteiger partial charge < -0.3 is 20.1 Å². The summed E-state index contributed by atoms with van der Waals surface area (Å²) in [6, 6.07) is 0. The smallest absolute Gasteiger partial charge is 0.463 e. The Balaban J connectivity index is 3.70. The number of rotatable bonds is 41. The van der Waals surface area contributed by atoms with E-state index in [-0.39, 0.29) is 32.1 Å². The van der Waals surface area contributed by atoms with E-state index < -0.39 is 26.5 Å². The molecule has 0 radical (unpaired) electrons. The molecular formula is C49H82NO8P. The van der Waals surface area contributed by atoms with Crippen molar-refractivity contribution in [2.45, 2.75) is 174 Å². The molecule has 2 unspecified atom stereocenters. The average Bonchev–Trinajstić information content (AvgIpc) is 3.22. The number of aliphatic hydroxyl groups is 1. The zero-order valence-electron chi connectivity index (χ0n) is 36.9. The summed E-state index contributed by atoms with van der Waals surface area (Å²) < 4.78 is 26.9. The van der Waals surface area contributed by atoms with Crippen LogP contribution in [0, 0.1) is 0 Å². The number of phosphoric acid groups is 1. The average molecular weight is 844 g/mol. The summed E-state index contributed by atoms with van der Waals surface area (Å²) >= 11 is 0. The minimum atomic E-state index is -4.44. The first-order valence-electron chi connectivity index (χ1n) is 22.7. The van der Waals surface area contributed by atoms with Crippen molar-refractivity contribution in [2.75, 3.05) is 26.4 Å². The molecule has 0 aromatic heterocycles. The third-order valence-electron chi connectivity index (χ3n) is 9.00. The van der Waals surface area contributed by atoms with Crippen LogP contribution in [0.4, 0.5) is 0 Å². The number of allylic oxidation sites excluding steroid dienone is 16. The van der Waals surface area contributed by atoms with Crippen molar-refractivity contribution in [3.05, 3.63) is 97.2 Å². The van der Waals surface area contributed by atoms with Crippen LogP contribution in [0.5, 0.6) is 0 Å². The summed E-state index contributed by atoms with van der Waals surface area (Å²) in [7, 11) is -4.44. The lowest BCUT2D eigenvalue weighted by molar-refractivity contribution is -0.147. The maximum absolute atomic E-state index is 12.1. The summed E-state index contributed by atoms with van der Waals surface area (Å²) in [6.45, 7) is 3.34. The Morgan fingerprint density at radius 2 is 0.966 bits per heavy atom. The van der Waals surface area contributed by atoms with Gasteiger partial charge in [0.1, 0.15) is 12.7 Å². The molecule has 0 saturated heterocycles. The summed E-state index contributed by atoms with van der Waals surface area (Å²) in [5.41, 5.74) is 0. The number of ether oxygens (including phenoxy) is 1. The highest BCUT2D eigenvalue weighted by molar-refractivity contribution is 7.47. The van der Waals surface area contributed by atoms with Crippen LogP contribution in [-0.4, -0.2) is 54.3 Å². The number of carbonyl (C=O) groups is 2. The molecule has 0 aliphatic rings. The SMILES string of the molecule is CC/C=C\C/C=C\C/C=C\C/C=C\C/C=C\CCCCCC(=O)OCC(O)COP(=O)(O)OCCNC(=O)CCCCCCCC/C=C\C/C=C\C/C=C\CCCCC. The van der Waals surface area contributed by atoms with Gasteiger partial charge in [-0.3, -0.25) is 18.6 Å². The van der Waals surface area contributed by atoms with Crippen molar-refractivity contribution >= 4 is 19.7 Å². The molecule has 0 rings (SSSR count). The van der Waals surface area contributed by atoms with Gasteiger partial charge in [-0.2, -0.15) is 0 Å². The third-order valence-corrected chi connectivity index (χ3v) is 9.98. The number of carbonyl (C=O) groups excluding carboxylic acids is 2. The van der Waals surface area contributed by atoms with E-state index in [1.54, 1.807) is 0 Å². The summed E-state index contributed by atoms with van der Waals surface area (Å²) in [5, 5.41) is 12.7. The first kappa shape index (κ1) is 55.9. The number of aliphatic hydroxyl groups excluding tert-OH is 1. The fourth-order valence-corrected chi connectivity index (χ4v) is 6.35. The molecule has 336 valence electrons. The number of nitrogens with one attached hydrogen (secondary N) is 1. The highest BCUT2D eigenvalue weighted by Crippen LogP contribution is 2.42. The van der Waals surface area contributed by atoms with Crippen LogP contribution in [0.1, 0.15) is 168 Å². The highest BCUT2D eigenvalue weighted by Gasteiger charge is 2.23. The van der Waals surface area contributed by atoms with Gasteiger partial charge >= 0.3 is 13.8 Å². The van der Waals surface area contributed by atoms with Crippen molar-refractivity contribution < 1.29 is 37.9 Å². The van der Waals surface area contributed by atoms with E-state index in [4.69, 9.17) is 13.8 Å². The fraction of sp³-hybridized carbons (Fsp3) is 0.633. The topological polar surface area (TPSA) is 131 Å². The van der Waals surface area contributed by atoms with E-state index in [2.05, 4.69) is 116 Å². The third kappa shape index (κ3) is 45.9. The van der Waals surface area contributed by atoms with Crippen LogP contribution < -0.4 is 5.32 Å². The van der Waals surface area contributed by atoms with Gasteiger partial charge in [0, 0.05) is 19.4 Å². The van der Waals surface area contributed by atoms with E-state index in [9.17, 15) is 24.2 Å². The van der Waals surface area contributed by atoms with Gasteiger partial charge in [-0.1, -0.05) is 156 Å². The van der Waals surface area contributed by atoms with Gasteiger partial charge in [0.05, 0.1) is 13.2 Å². The number of phosphoric ester groups is 1. The van der Waals surface area contributed by atoms with E-state index in [0.29, 0.717) is 12.8 Å². The van der Waals surface area contributed by atoms with Gasteiger partial charge in [-0.15, -0.1) is 0 Å². The minimum absolute atomic E-state index is 0.0642. The van der Waals surface area contributed by atoms with Crippen molar-refractivity contribution in [3.8, 4) is 0 Å². The fourth-order valence-electron chi connectivity index (χ4n) is 5.59. The van der Waals surface area contributed by atoms with Gasteiger partial charge in [-0.05, 0) is 96.3 Å². The van der Waals surface area contributed by atoms with Crippen molar-refractivity contribution in [1.82, 2.24) is 5.32 Å². The Labute approximate surface area is 359 Å². The molecular weight excluding hydrogens is 762 g/mol. The van der Waals surface area contributed by atoms with E-state index in [0.717, 1.165) is 96.3 Å². The van der Waals surface area contributed by atoms with E-state index in [1.807, 2.05) is 0 Å². The molecule has 0 spiro atoms. The largest absolute Gasteiger partial charge is 0.472 e. The monoisotopic (exact) mass is 844 g/mol. The summed E-state index contributed by atoms with van der Waals surface area (Å²) in [6.07, 6.45) is 57.6. The highest BCUT2D eigenvalue weighted by atomic mass is 31.2. The molecule has 0 heterocycles. The molecule has 0 fully saturated rings. The normalized spacial score (nSPS) is 14.2. The van der Waals surface area contributed by atoms with E-state index in [1.165, 1.54) is 38.5 Å². The zero-order valence-corrected chi connectivity index (χ0v) is 37.8. The summed E-state index contributed by atoms with van der Waals surface area (Å²) in [5.74, 6) is -0.570. The van der Waals surface area contributed by atoms with Crippen LogP contribution in [-0.2, 0) is 27.9 Å². The number of hydrogen-bond donors (Lipinski definition) is 3. The van der Waals surface area contributed by atoms with Crippen molar-refractivity contribution in [1.29, 1.82) is 0 Å². The predicted octanol–water partition coefficient (Wildman–Crippen LogP) is 13.0. The molecule has 0 bridgehead atoms. The summed E-state index contributed by atoms with van der Waals surface area (Å²) in [4.78, 5) is 34.0. The molecule has 10 heteroatoms. The predicted molar refractivity (Wildman–Crippen MR) is 247 cm³/mol. The molecule has 0 aliphatic carbocycles. The Morgan fingerprint density at radius 1 is 0.542 bits per heavy atom. The molecule has 0 saturated carbocycles. The van der Waals surface area contributed by atoms with Crippen molar-refractivity contribution in [3.63, 3.8) is 0 Å².